The molecule has 0 bridgehead atoms. The van der Waals surface area contributed by atoms with E-state index < -0.39 is 0 Å². The van der Waals surface area contributed by atoms with Crippen LogP contribution in [-0.4, -0.2) is 44.0 Å². The van der Waals surface area contributed by atoms with Gasteiger partial charge in [0.15, 0.2) is 5.82 Å². The molecule has 0 amide bonds. The number of fused-ring (bicyclic) bond motifs is 1. The van der Waals surface area contributed by atoms with E-state index in [0.717, 1.165) is 36.2 Å². The number of H-pyrrole nitrogens is 1. The Balaban J connectivity index is 1.37. The highest BCUT2D eigenvalue weighted by atomic mass is 35.5. The maximum atomic E-state index is 6.31. The van der Waals surface area contributed by atoms with Crippen LogP contribution in [0.3, 0.4) is 0 Å². The summed E-state index contributed by atoms with van der Waals surface area (Å²) in [6.45, 7) is 7.11. The van der Waals surface area contributed by atoms with Crippen LogP contribution in [-0.2, 0) is 0 Å². The Morgan fingerprint density at radius 2 is 1.97 bits per heavy atom. The van der Waals surface area contributed by atoms with Crippen LogP contribution in [0.5, 0.6) is 5.75 Å². The van der Waals surface area contributed by atoms with Gasteiger partial charge in [-0.3, -0.25) is 10.1 Å². The molecule has 8 nitrogen and oxygen atoms in total. The Bertz CT molecular complexity index is 1330. The second-order valence-corrected chi connectivity index (χ2v) is 9.36. The third kappa shape index (κ3) is 4.20. The Labute approximate surface area is 206 Å². The average Bonchev–Trinajstić information content (AvgIpc) is 3.21. The number of nitrogens with one attached hydrogen (secondary N) is 1. The summed E-state index contributed by atoms with van der Waals surface area (Å²) in [7, 11) is 0. The van der Waals surface area contributed by atoms with Gasteiger partial charge < -0.3 is 15.4 Å². The van der Waals surface area contributed by atoms with E-state index in [1.807, 2.05) is 43.3 Å². The van der Waals surface area contributed by atoms with Crippen molar-refractivity contribution in [3.63, 3.8) is 0 Å². The molecule has 0 radical (unpaired) electrons. The van der Waals surface area contributed by atoms with Gasteiger partial charge in [-0.2, -0.15) is 5.10 Å². The van der Waals surface area contributed by atoms with Crippen molar-refractivity contribution in [3.8, 4) is 17.1 Å². The molecule has 0 spiro atoms. The van der Waals surface area contributed by atoms with Crippen LogP contribution < -0.4 is 15.4 Å². The lowest BCUT2D eigenvalue weighted by atomic mass is 9.87. The molecule has 10 heteroatoms. The van der Waals surface area contributed by atoms with Crippen LogP contribution in [0, 0.1) is 0 Å². The Morgan fingerprint density at radius 3 is 2.65 bits per heavy atom. The van der Waals surface area contributed by atoms with Gasteiger partial charge in [-0.15, -0.1) is 16.8 Å². The third-order valence-electron chi connectivity index (χ3n) is 5.92. The van der Waals surface area contributed by atoms with Gasteiger partial charge in [0.05, 0.1) is 21.1 Å². The number of ether oxygens (including phenoxy) is 1. The number of hydrogen-bond donors (Lipinski definition) is 2. The lowest BCUT2D eigenvalue weighted by Gasteiger charge is -2.47. The van der Waals surface area contributed by atoms with E-state index in [9.17, 15) is 0 Å². The van der Waals surface area contributed by atoms with Crippen LogP contribution in [0.4, 0.5) is 5.82 Å². The fraction of sp³-hybridized carbons (Fsp3) is 0.250. The van der Waals surface area contributed by atoms with Gasteiger partial charge in [-0.25, -0.2) is 0 Å². The first-order chi connectivity index (χ1) is 16.4. The van der Waals surface area contributed by atoms with Gasteiger partial charge in [0.25, 0.3) is 0 Å². The number of aromatic amines is 1. The highest BCUT2D eigenvalue weighted by Crippen LogP contribution is 2.35. The van der Waals surface area contributed by atoms with E-state index in [0.29, 0.717) is 32.7 Å². The zero-order chi connectivity index (χ0) is 23.9. The van der Waals surface area contributed by atoms with E-state index in [2.05, 4.69) is 36.9 Å². The summed E-state index contributed by atoms with van der Waals surface area (Å²) in [6, 6.07) is 9.54. The summed E-state index contributed by atoms with van der Waals surface area (Å²) in [5.74, 6) is 1.44. The molecule has 0 unspecified atom stereocenters. The molecular weight excluding hydrogens is 473 g/mol. The predicted octanol–water partition coefficient (Wildman–Crippen LogP) is 4.96. The van der Waals surface area contributed by atoms with Crippen LogP contribution in [0.1, 0.15) is 25.0 Å². The van der Waals surface area contributed by atoms with E-state index in [-0.39, 0.29) is 11.6 Å². The van der Waals surface area contributed by atoms with Crippen LogP contribution in [0.25, 0.3) is 22.3 Å². The third-order valence-corrected chi connectivity index (χ3v) is 6.53. The van der Waals surface area contributed by atoms with Gasteiger partial charge in [0.2, 0.25) is 0 Å². The van der Waals surface area contributed by atoms with E-state index in [1.54, 1.807) is 12.4 Å². The molecule has 1 aliphatic heterocycles. The molecule has 174 valence electrons. The largest absolute Gasteiger partial charge is 0.486 e. The van der Waals surface area contributed by atoms with Gasteiger partial charge in [-0.1, -0.05) is 29.3 Å². The molecule has 1 saturated heterocycles. The summed E-state index contributed by atoms with van der Waals surface area (Å²) in [5.41, 5.74) is 8.97. The summed E-state index contributed by atoms with van der Waals surface area (Å²) < 4.78 is 6.14. The van der Waals surface area contributed by atoms with Crippen molar-refractivity contribution in [1.82, 2.24) is 25.4 Å². The van der Waals surface area contributed by atoms with Crippen molar-refractivity contribution < 1.29 is 4.74 Å². The van der Waals surface area contributed by atoms with Gasteiger partial charge in [0, 0.05) is 36.4 Å². The molecule has 34 heavy (non-hydrogen) atoms. The summed E-state index contributed by atoms with van der Waals surface area (Å²) in [5, 5.41) is 18.1. The van der Waals surface area contributed by atoms with Crippen molar-refractivity contribution in [3.05, 3.63) is 71.0 Å². The molecule has 1 fully saturated rings. The van der Waals surface area contributed by atoms with Gasteiger partial charge in [-0.05, 0) is 43.7 Å². The fourth-order valence-corrected chi connectivity index (χ4v) is 4.92. The predicted molar refractivity (Wildman–Crippen MR) is 134 cm³/mol. The minimum atomic E-state index is -0.373. The Morgan fingerprint density at radius 1 is 1.21 bits per heavy atom. The number of hydrogen-bond acceptors (Lipinski definition) is 7. The first kappa shape index (κ1) is 22.6. The maximum absolute atomic E-state index is 6.31. The van der Waals surface area contributed by atoms with Crippen molar-refractivity contribution >= 4 is 39.9 Å². The maximum Gasteiger partial charge on any atom is 0.151 e. The molecule has 4 heterocycles. The van der Waals surface area contributed by atoms with Crippen molar-refractivity contribution in [1.29, 1.82) is 0 Å². The molecule has 4 aromatic rings. The van der Waals surface area contributed by atoms with E-state index in [1.165, 1.54) is 0 Å². The molecule has 5 rings (SSSR count). The lowest BCUT2D eigenvalue weighted by molar-refractivity contribution is 0.227. The lowest BCUT2D eigenvalue weighted by Crippen LogP contribution is -2.67. The molecule has 3 N–H and O–H groups in total. The average molecular weight is 496 g/mol. The molecule has 3 aromatic heterocycles. The molecule has 0 saturated carbocycles. The second kappa shape index (κ2) is 8.87. The molecular formula is C24H23Cl2N7O. The number of halogens is 2. The topological polar surface area (TPSA) is 106 Å². The zero-order valence-corrected chi connectivity index (χ0v) is 20.0. The molecule has 1 aliphatic rings. The number of nitrogens with two attached hydrogens (primary N) is 1. The van der Waals surface area contributed by atoms with E-state index >= 15 is 0 Å². The number of benzene rings is 1. The molecule has 1 atom stereocenters. The van der Waals surface area contributed by atoms with Crippen LogP contribution in [0.15, 0.2) is 55.4 Å². The summed E-state index contributed by atoms with van der Waals surface area (Å²) in [4.78, 5) is 6.10. The smallest absolute Gasteiger partial charge is 0.151 e. The number of aromatic nitrogens is 5. The summed E-state index contributed by atoms with van der Waals surface area (Å²) >= 11 is 12.6. The van der Waals surface area contributed by atoms with Crippen molar-refractivity contribution in [2.24, 2.45) is 5.73 Å². The minimum absolute atomic E-state index is 0.237. The Hall–Kier alpha value is -3.20. The first-order valence-electron chi connectivity index (χ1n) is 10.8. The summed E-state index contributed by atoms with van der Waals surface area (Å²) in [6.07, 6.45) is 5.36. The van der Waals surface area contributed by atoms with E-state index in [4.69, 9.17) is 33.7 Å². The molecule has 0 aliphatic carbocycles. The fourth-order valence-electron chi connectivity index (χ4n) is 4.25. The molecule has 1 aromatic carbocycles. The Kier molecular flexibility index (Phi) is 5.89. The number of rotatable bonds is 7. The number of pyridine rings is 1. The van der Waals surface area contributed by atoms with Gasteiger partial charge in [0.1, 0.15) is 23.2 Å². The monoisotopic (exact) mass is 495 g/mol. The minimum Gasteiger partial charge on any atom is -0.486 e. The van der Waals surface area contributed by atoms with Crippen molar-refractivity contribution in [2.45, 2.75) is 25.0 Å². The standard InChI is InChI=1S/C24H23Cl2N7O/c1-3-8-24(27)12-33(13-24)21-7-6-20(30-31-21)23-16-9-15(4-5-19(16)29-32-23)34-14(2)22-17(25)10-28-11-18(22)26/h3-7,9-11,14H,1,8,12-13,27H2,2H3,(H,29,32)/t14-/m1/s1. The zero-order valence-electron chi connectivity index (χ0n) is 18.5. The van der Waals surface area contributed by atoms with Crippen LogP contribution in [0.2, 0.25) is 10.0 Å². The highest BCUT2D eigenvalue weighted by molar-refractivity contribution is 6.35. The number of nitrogens with zero attached hydrogens (tertiary/aromatic N) is 5. The second-order valence-electron chi connectivity index (χ2n) is 8.54. The quantitative estimate of drug-likeness (QED) is 0.349. The van der Waals surface area contributed by atoms with Gasteiger partial charge >= 0.3 is 0 Å². The highest BCUT2D eigenvalue weighted by Gasteiger charge is 2.39. The normalized spacial score (nSPS) is 15.7. The van der Waals surface area contributed by atoms with Crippen molar-refractivity contribution in [2.75, 3.05) is 18.0 Å². The number of anilines is 1. The SMILES string of the molecule is C=CCC1(N)CN(c2ccc(-c3n[nH]c4ccc(O[C@H](C)c5c(Cl)cncc5Cl)cc34)nn2)C1. The first-order valence-corrected chi connectivity index (χ1v) is 11.5. The van der Waals surface area contributed by atoms with Crippen LogP contribution >= 0.6 is 23.2 Å².